The molecule has 0 unspecified atom stereocenters. The van der Waals surface area contributed by atoms with Gasteiger partial charge in [0, 0.05) is 13.6 Å². The summed E-state index contributed by atoms with van der Waals surface area (Å²) in [5, 5.41) is 8.64. The standard InChI is InChI=1S/C19H20N4O4/c1-20-18(25)19(26)23-22-12-15-7-9-16(10-8-15)27-13-17(24)21-11-14-5-3-2-4-6-14/h2-10,12H,11,13H2,1H3,(H,20,25)(H,21,24)(H,23,26)/b22-12-. The van der Waals surface area contributed by atoms with Gasteiger partial charge in [-0.15, -0.1) is 0 Å². The summed E-state index contributed by atoms with van der Waals surface area (Å²) in [5.74, 6) is -1.32. The highest BCUT2D eigenvalue weighted by atomic mass is 16.5. The first kappa shape index (κ1) is 19.6. The van der Waals surface area contributed by atoms with Crippen molar-refractivity contribution >= 4 is 23.9 Å². The van der Waals surface area contributed by atoms with E-state index in [4.69, 9.17) is 4.74 Å². The number of benzene rings is 2. The van der Waals surface area contributed by atoms with Gasteiger partial charge in [-0.2, -0.15) is 5.10 Å². The fourth-order valence-electron chi connectivity index (χ4n) is 1.98. The van der Waals surface area contributed by atoms with E-state index in [2.05, 4.69) is 21.2 Å². The van der Waals surface area contributed by atoms with Gasteiger partial charge in [-0.05, 0) is 35.4 Å². The average molecular weight is 368 g/mol. The molecule has 0 fully saturated rings. The fourth-order valence-corrected chi connectivity index (χ4v) is 1.98. The van der Waals surface area contributed by atoms with Crippen LogP contribution in [0.1, 0.15) is 11.1 Å². The topological polar surface area (TPSA) is 109 Å². The highest BCUT2D eigenvalue weighted by Gasteiger charge is 2.08. The second kappa shape index (κ2) is 10.3. The molecule has 0 aromatic heterocycles. The largest absolute Gasteiger partial charge is 0.484 e. The number of carbonyl (C=O) groups is 3. The third-order valence-corrected chi connectivity index (χ3v) is 3.40. The molecule has 2 aromatic rings. The van der Waals surface area contributed by atoms with E-state index in [1.165, 1.54) is 13.3 Å². The van der Waals surface area contributed by atoms with Crippen molar-refractivity contribution in [2.24, 2.45) is 5.10 Å². The highest BCUT2D eigenvalue weighted by Crippen LogP contribution is 2.10. The van der Waals surface area contributed by atoms with Crippen molar-refractivity contribution in [1.29, 1.82) is 0 Å². The lowest BCUT2D eigenvalue weighted by Gasteiger charge is -2.07. The zero-order chi connectivity index (χ0) is 19.5. The first-order valence-corrected chi connectivity index (χ1v) is 8.17. The molecule has 0 saturated heterocycles. The number of hydrazone groups is 1. The predicted octanol–water partition coefficient (Wildman–Crippen LogP) is 0.578. The van der Waals surface area contributed by atoms with Crippen LogP contribution in [0.4, 0.5) is 0 Å². The Hall–Kier alpha value is -3.68. The minimum Gasteiger partial charge on any atom is -0.484 e. The normalized spacial score (nSPS) is 10.3. The average Bonchev–Trinajstić information content (AvgIpc) is 2.71. The number of rotatable bonds is 7. The zero-order valence-corrected chi connectivity index (χ0v) is 14.8. The molecule has 3 amide bonds. The van der Waals surface area contributed by atoms with Crippen LogP contribution >= 0.6 is 0 Å². The van der Waals surface area contributed by atoms with Crippen molar-refractivity contribution in [1.82, 2.24) is 16.1 Å². The van der Waals surface area contributed by atoms with Crippen LogP contribution in [0.2, 0.25) is 0 Å². The monoisotopic (exact) mass is 368 g/mol. The van der Waals surface area contributed by atoms with Crippen LogP contribution in [0.3, 0.4) is 0 Å². The number of amides is 3. The van der Waals surface area contributed by atoms with Crippen LogP contribution in [0.15, 0.2) is 59.7 Å². The Kier molecular flexibility index (Phi) is 7.52. The van der Waals surface area contributed by atoms with E-state index >= 15 is 0 Å². The number of hydrogen-bond acceptors (Lipinski definition) is 5. The Balaban J connectivity index is 1.74. The quantitative estimate of drug-likeness (QED) is 0.377. The Labute approximate surface area is 156 Å². The second-order valence-electron chi connectivity index (χ2n) is 5.40. The molecule has 0 aliphatic heterocycles. The lowest BCUT2D eigenvalue weighted by atomic mass is 10.2. The molecule has 0 bridgehead atoms. The molecular formula is C19H20N4O4. The van der Waals surface area contributed by atoms with E-state index < -0.39 is 11.8 Å². The Bertz CT molecular complexity index is 804. The van der Waals surface area contributed by atoms with Crippen LogP contribution in [-0.4, -0.2) is 37.6 Å². The molecule has 0 saturated carbocycles. The maximum atomic E-state index is 11.8. The molecule has 8 heteroatoms. The molecule has 8 nitrogen and oxygen atoms in total. The third kappa shape index (κ3) is 6.99. The molecule has 0 spiro atoms. The molecule has 2 aromatic carbocycles. The smallest absolute Gasteiger partial charge is 0.329 e. The van der Waals surface area contributed by atoms with Gasteiger partial charge in [-0.25, -0.2) is 5.43 Å². The maximum Gasteiger partial charge on any atom is 0.329 e. The molecule has 0 aliphatic rings. The van der Waals surface area contributed by atoms with E-state index in [1.807, 2.05) is 30.3 Å². The van der Waals surface area contributed by atoms with Gasteiger partial charge in [0.1, 0.15) is 5.75 Å². The van der Waals surface area contributed by atoms with Gasteiger partial charge < -0.3 is 15.4 Å². The van der Waals surface area contributed by atoms with Gasteiger partial charge in [0.15, 0.2) is 6.61 Å². The first-order chi connectivity index (χ1) is 13.1. The fraction of sp³-hybridized carbons (Fsp3) is 0.158. The Morgan fingerprint density at radius 3 is 2.37 bits per heavy atom. The molecule has 0 radical (unpaired) electrons. The summed E-state index contributed by atoms with van der Waals surface area (Å²) in [6.07, 6.45) is 1.39. The molecule has 140 valence electrons. The number of nitrogens with one attached hydrogen (secondary N) is 3. The summed E-state index contributed by atoms with van der Waals surface area (Å²) >= 11 is 0. The summed E-state index contributed by atoms with van der Waals surface area (Å²) in [5.41, 5.74) is 3.80. The van der Waals surface area contributed by atoms with Crippen molar-refractivity contribution < 1.29 is 19.1 Å². The van der Waals surface area contributed by atoms with Crippen molar-refractivity contribution in [3.63, 3.8) is 0 Å². The maximum absolute atomic E-state index is 11.8. The van der Waals surface area contributed by atoms with Crippen molar-refractivity contribution in [2.45, 2.75) is 6.54 Å². The summed E-state index contributed by atoms with van der Waals surface area (Å²) in [6, 6.07) is 16.3. The van der Waals surface area contributed by atoms with Gasteiger partial charge in [-0.3, -0.25) is 14.4 Å². The molecule has 2 rings (SSSR count). The van der Waals surface area contributed by atoms with Crippen molar-refractivity contribution in [2.75, 3.05) is 13.7 Å². The van der Waals surface area contributed by atoms with E-state index in [0.717, 1.165) is 5.56 Å². The van der Waals surface area contributed by atoms with Crippen LogP contribution in [0.25, 0.3) is 0 Å². The summed E-state index contributed by atoms with van der Waals surface area (Å²) in [6.45, 7) is 0.350. The van der Waals surface area contributed by atoms with E-state index in [-0.39, 0.29) is 12.5 Å². The van der Waals surface area contributed by atoms with Crippen LogP contribution in [0, 0.1) is 0 Å². The number of hydrogen-bond donors (Lipinski definition) is 3. The molecule has 3 N–H and O–H groups in total. The highest BCUT2D eigenvalue weighted by molar-refractivity contribution is 6.34. The van der Waals surface area contributed by atoms with Crippen LogP contribution in [0.5, 0.6) is 5.75 Å². The van der Waals surface area contributed by atoms with Crippen LogP contribution < -0.4 is 20.8 Å². The summed E-state index contributed by atoms with van der Waals surface area (Å²) in [7, 11) is 1.35. The SMILES string of the molecule is CNC(=O)C(=O)N/N=C\c1ccc(OCC(=O)NCc2ccccc2)cc1. The van der Waals surface area contributed by atoms with Gasteiger partial charge in [0.05, 0.1) is 6.21 Å². The number of nitrogens with zero attached hydrogens (tertiary/aromatic N) is 1. The lowest BCUT2D eigenvalue weighted by Crippen LogP contribution is -2.35. The van der Waals surface area contributed by atoms with E-state index in [9.17, 15) is 14.4 Å². The van der Waals surface area contributed by atoms with Crippen LogP contribution in [-0.2, 0) is 20.9 Å². The Morgan fingerprint density at radius 1 is 1.00 bits per heavy atom. The second-order valence-corrected chi connectivity index (χ2v) is 5.40. The van der Waals surface area contributed by atoms with Crippen molar-refractivity contribution in [3.8, 4) is 5.75 Å². The summed E-state index contributed by atoms with van der Waals surface area (Å²) in [4.78, 5) is 34.0. The first-order valence-electron chi connectivity index (χ1n) is 8.17. The number of carbonyl (C=O) groups excluding carboxylic acids is 3. The molecule has 0 aliphatic carbocycles. The number of likely N-dealkylation sites (N-methyl/N-ethyl adjacent to an activating group) is 1. The number of ether oxygens (including phenoxy) is 1. The summed E-state index contributed by atoms with van der Waals surface area (Å²) < 4.78 is 5.42. The molecule has 0 heterocycles. The van der Waals surface area contributed by atoms with E-state index in [0.29, 0.717) is 17.9 Å². The zero-order valence-electron chi connectivity index (χ0n) is 14.8. The predicted molar refractivity (Wildman–Crippen MR) is 100 cm³/mol. The van der Waals surface area contributed by atoms with Gasteiger partial charge in [0.2, 0.25) is 0 Å². The van der Waals surface area contributed by atoms with Crippen molar-refractivity contribution in [3.05, 3.63) is 65.7 Å². The minimum absolute atomic E-state index is 0.0948. The lowest BCUT2D eigenvalue weighted by molar-refractivity contribution is -0.138. The van der Waals surface area contributed by atoms with E-state index in [1.54, 1.807) is 24.3 Å². The minimum atomic E-state index is -0.852. The van der Waals surface area contributed by atoms with Gasteiger partial charge in [0.25, 0.3) is 5.91 Å². The molecule has 27 heavy (non-hydrogen) atoms. The third-order valence-electron chi connectivity index (χ3n) is 3.40. The molecule has 0 atom stereocenters. The van der Waals surface area contributed by atoms with Gasteiger partial charge >= 0.3 is 11.8 Å². The van der Waals surface area contributed by atoms with Gasteiger partial charge in [-0.1, -0.05) is 30.3 Å². The molecular weight excluding hydrogens is 348 g/mol. The Morgan fingerprint density at radius 2 is 1.70 bits per heavy atom.